The van der Waals surface area contributed by atoms with Gasteiger partial charge in [0, 0.05) is 80.0 Å². The maximum absolute atomic E-state index is 14.4. The van der Waals surface area contributed by atoms with Crippen LogP contribution in [0.2, 0.25) is 0 Å². The van der Waals surface area contributed by atoms with Gasteiger partial charge in [-0.25, -0.2) is 33.5 Å². The van der Waals surface area contributed by atoms with E-state index < -0.39 is 66.2 Å². The monoisotopic (exact) mass is 928 g/mol. The van der Waals surface area contributed by atoms with Crippen LogP contribution in [-0.4, -0.2) is 94.6 Å². The third-order valence-electron chi connectivity index (χ3n) is 10.7. The minimum atomic E-state index is -4.64. The molecule has 0 aliphatic carbocycles. The highest BCUT2D eigenvalue weighted by atomic mass is 35.5. The van der Waals surface area contributed by atoms with Crippen LogP contribution in [0.25, 0.3) is 22.5 Å². The molecule has 1 N–H and O–H groups in total. The number of rotatable bonds is 10. The molecule has 4 aromatic rings. The lowest BCUT2D eigenvalue weighted by atomic mass is 9.98. The summed E-state index contributed by atoms with van der Waals surface area (Å²) in [5.41, 5.74) is 3.89. The number of aromatic nitrogens is 6. The molecule has 12 nitrogen and oxygen atoms in total. The molecule has 0 spiro atoms. The molecular weight excluding hydrogens is 880 g/mol. The molecule has 0 unspecified atom stereocenters. The van der Waals surface area contributed by atoms with E-state index in [2.05, 4.69) is 35.2 Å². The number of ether oxygens (including phenoxy) is 1. The highest BCUT2D eigenvalue weighted by Crippen LogP contribution is 2.32. The average molecular weight is 929 g/mol. The van der Waals surface area contributed by atoms with E-state index in [9.17, 15) is 49.5 Å². The van der Waals surface area contributed by atoms with E-state index in [1.54, 1.807) is 66.1 Å². The molecule has 6 heterocycles. The molecule has 2 aliphatic rings. The van der Waals surface area contributed by atoms with E-state index in [1.165, 1.54) is 4.90 Å². The van der Waals surface area contributed by atoms with E-state index in [1.807, 2.05) is 6.92 Å². The number of amides is 1. The first-order valence-electron chi connectivity index (χ1n) is 20.1. The first-order chi connectivity index (χ1) is 29.3. The molecule has 6 atom stereocenters. The van der Waals surface area contributed by atoms with Crippen molar-refractivity contribution in [3.8, 4) is 22.5 Å². The predicted octanol–water partition coefficient (Wildman–Crippen LogP) is 8.98. The van der Waals surface area contributed by atoms with Crippen LogP contribution in [0.15, 0.2) is 49.3 Å². The van der Waals surface area contributed by atoms with Gasteiger partial charge in [-0.2, -0.15) is 26.3 Å². The summed E-state index contributed by atoms with van der Waals surface area (Å²) < 4.78 is 109. The van der Waals surface area contributed by atoms with Crippen molar-refractivity contribution in [2.45, 2.75) is 141 Å². The minimum Gasteiger partial charge on any atom is -0.444 e. The molecule has 2 aliphatic heterocycles. The summed E-state index contributed by atoms with van der Waals surface area (Å²) in [4.78, 5) is 61.0. The Bertz CT molecular complexity index is 2250. The molecule has 2 saturated heterocycles. The molecule has 0 bridgehead atoms. The topological polar surface area (TPSA) is 153 Å². The molecule has 1 amide bonds. The van der Waals surface area contributed by atoms with Crippen molar-refractivity contribution in [1.29, 1.82) is 0 Å². The van der Waals surface area contributed by atoms with Crippen molar-refractivity contribution in [1.82, 2.24) is 40.1 Å². The van der Waals surface area contributed by atoms with Gasteiger partial charge in [-0.15, -0.1) is 12.4 Å². The molecule has 0 radical (unpaired) electrons. The Morgan fingerprint density at radius 2 is 1.12 bits per heavy atom. The molecule has 0 saturated carbocycles. The molecule has 64 heavy (non-hydrogen) atoms. The number of carbonyl (C=O) groups is 3. The largest absolute Gasteiger partial charge is 0.451 e. The summed E-state index contributed by atoms with van der Waals surface area (Å²) >= 11 is 0. The second-order valence-corrected chi connectivity index (χ2v) is 16.7. The van der Waals surface area contributed by atoms with Gasteiger partial charge in [0.1, 0.15) is 23.7 Å². The van der Waals surface area contributed by atoms with E-state index >= 15 is 0 Å². The van der Waals surface area contributed by atoms with Gasteiger partial charge in [0.25, 0.3) is 0 Å². The average Bonchev–Trinajstić information content (AvgIpc) is 3.71. The number of nitrogens with zero attached hydrogens (tertiary/aromatic N) is 7. The Labute approximate surface area is 370 Å². The van der Waals surface area contributed by atoms with Crippen molar-refractivity contribution in [2.75, 3.05) is 0 Å². The highest BCUT2D eigenvalue weighted by Gasteiger charge is 2.46. The molecule has 348 valence electrons. The van der Waals surface area contributed by atoms with Crippen molar-refractivity contribution in [2.24, 2.45) is 0 Å². The zero-order valence-electron chi connectivity index (χ0n) is 36.0. The van der Waals surface area contributed by atoms with Crippen LogP contribution >= 0.6 is 12.4 Å². The van der Waals surface area contributed by atoms with E-state index in [4.69, 9.17) is 4.74 Å². The van der Waals surface area contributed by atoms with Crippen LogP contribution in [-0.2, 0) is 39.5 Å². The van der Waals surface area contributed by atoms with Gasteiger partial charge in [-0.3, -0.25) is 24.5 Å². The lowest BCUT2D eigenvalue weighted by Gasteiger charge is -2.30. The van der Waals surface area contributed by atoms with E-state index in [-0.39, 0.29) is 62.1 Å². The van der Waals surface area contributed by atoms with Crippen LogP contribution < -0.4 is 5.32 Å². The Kier molecular flexibility index (Phi) is 16.6. The maximum Gasteiger partial charge on any atom is 0.451 e. The number of hydrogen-bond acceptors (Lipinski definition) is 11. The number of likely N-dealkylation sites (tertiary alicyclic amines) is 1. The van der Waals surface area contributed by atoms with Crippen LogP contribution in [0.1, 0.15) is 94.2 Å². The third kappa shape index (κ3) is 13.2. The first kappa shape index (κ1) is 51.4. The number of carbonyl (C=O) groups excluding carboxylic acids is 3. The van der Waals surface area contributed by atoms with Crippen molar-refractivity contribution < 1.29 is 54.2 Å². The number of halogens is 9. The number of nitrogens with one attached hydrogen (secondary N) is 1. The summed E-state index contributed by atoms with van der Waals surface area (Å²) in [6.45, 7) is 12.0. The Balaban J connectivity index is 0.000000283. The van der Waals surface area contributed by atoms with Gasteiger partial charge in [-0.05, 0) is 95.7 Å². The van der Waals surface area contributed by atoms with Crippen LogP contribution in [0.4, 0.5) is 39.9 Å². The third-order valence-corrected chi connectivity index (χ3v) is 10.7. The SMILES string of the molecule is Cc1cnc(-c2cnc(C(F)(F)F)nc2)cc1CCC(=O)[C@@H]1C[C@@H](F)[C@H](C)N1.Cc1cnc(-c2cnc(C(F)(F)F)nc2)cc1CCC(=O)[C@@H]1C[C@@H](F)[C@H](C)N1C(=O)OC(C)(C)C.Cl. The van der Waals surface area contributed by atoms with Crippen LogP contribution in [0.5, 0.6) is 0 Å². The zero-order chi connectivity index (χ0) is 46.6. The predicted molar refractivity (Wildman–Crippen MR) is 221 cm³/mol. The number of ketones is 2. The summed E-state index contributed by atoms with van der Waals surface area (Å²) in [6.07, 6.45) is -3.86. The van der Waals surface area contributed by atoms with E-state index in [0.29, 0.717) is 28.9 Å². The van der Waals surface area contributed by atoms with Crippen molar-refractivity contribution in [3.63, 3.8) is 0 Å². The van der Waals surface area contributed by atoms with Gasteiger partial charge >= 0.3 is 18.4 Å². The Morgan fingerprint density at radius 1 is 0.688 bits per heavy atom. The lowest BCUT2D eigenvalue weighted by Crippen LogP contribution is -2.47. The number of Topliss-reactive ketones (excluding diaryl/α,β-unsaturated/α-hetero) is 2. The van der Waals surface area contributed by atoms with Crippen LogP contribution in [0.3, 0.4) is 0 Å². The van der Waals surface area contributed by atoms with Crippen molar-refractivity contribution in [3.05, 3.63) is 83.2 Å². The smallest absolute Gasteiger partial charge is 0.444 e. The lowest BCUT2D eigenvalue weighted by molar-refractivity contribution is -0.145. The highest BCUT2D eigenvalue weighted by molar-refractivity contribution is 5.88. The standard InChI is InChI=1S/C24H28F4N4O3.C19H20F4N4O.ClH/c1-13-10-29-18(16-11-30-21(31-12-16)24(26,27)28)8-15(13)6-7-20(33)19-9-17(25)14(2)32(19)22(34)35-23(3,4)5;1-10-7-24-15(13-8-25-18(26-9-13)19(21,22)23)5-12(10)3-4-17(28)16-6-14(20)11(2)27-16;/h8,10-12,14,17,19H,6-7,9H2,1-5H3;5,7-9,11,14,16,27H,3-4,6H2,1-2H3;1H/t14-,17+,19-;11-,14+,16-;/m00./s1. The number of hydrogen-bond donors (Lipinski definition) is 1. The second-order valence-electron chi connectivity index (χ2n) is 16.7. The minimum absolute atomic E-state index is 0. The fourth-order valence-corrected chi connectivity index (χ4v) is 7.08. The zero-order valence-corrected chi connectivity index (χ0v) is 36.8. The molecule has 4 aromatic heterocycles. The van der Waals surface area contributed by atoms with Crippen LogP contribution in [0, 0.1) is 13.8 Å². The molecular formula is C43H49ClF8N8O4. The fraction of sp³-hybridized carbons (Fsp3) is 0.512. The summed E-state index contributed by atoms with van der Waals surface area (Å²) in [5.74, 6) is -2.80. The quantitative estimate of drug-likeness (QED) is 0.152. The second kappa shape index (κ2) is 20.7. The number of pyridine rings is 2. The van der Waals surface area contributed by atoms with Gasteiger partial charge in [0.05, 0.1) is 29.5 Å². The van der Waals surface area contributed by atoms with Gasteiger partial charge in [-0.1, -0.05) is 0 Å². The van der Waals surface area contributed by atoms with Gasteiger partial charge in [0.2, 0.25) is 11.6 Å². The fourth-order valence-electron chi connectivity index (χ4n) is 7.08. The Morgan fingerprint density at radius 3 is 1.52 bits per heavy atom. The van der Waals surface area contributed by atoms with E-state index in [0.717, 1.165) is 47.0 Å². The molecule has 2 fully saturated rings. The molecule has 21 heteroatoms. The first-order valence-corrected chi connectivity index (χ1v) is 20.1. The van der Waals surface area contributed by atoms with Gasteiger partial charge < -0.3 is 10.1 Å². The number of alkyl halides is 8. The summed E-state index contributed by atoms with van der Waals surface area (Å²) in [7, 11) is 0. The molecule has 6 rings (SSSR count). The summed E-state index contributed by atoms with van der Waals surface area (Å²) in [5, 5.41) is 2.96. The van der Waals surface area contributed by atoms with Crippen molar-refractivity contribution >= 4 is 30.1 Å². The Hall–Kier alpha value is -5.24. The summed E-state index contributed by atoms with van der Waals surface area (Å²) in [6, 6.07) is 0.859. The van der Waals surface area contributed by atoms with Gasteiger partial charge in [0.15, 0.2) is 5.78 Å². The normalized spacial score (nSPS) is 21.1. The number of aryl methyl sites for hydroxylation is 4. The molecule has 0 aromatic carbocycles. The maximum atomic E-state index is 14.4.